The lowest BCUT2D eigenvalue weighted by Crippen LogP contribution is -2.11. The summed E-state index contributed by atoms with van der Waals surface area (Å²) in [6.45, 7) is 0. The van der Waals surface area contributed by atoms with Gasteiger partial charge in [-0.15, -0.1) is 0 Å². The van der Waals surface area contributed by atoms with Crippen LogP contribution in [0, 0.1) is 10.1 Å². The zero-order chi connectivity index (χ0) is 18.6. The maximum Gasteiger partial charge on any atom is 0.271 e. The van der Waals surface area contributed by atoms with E-state index in [9.17, 15) is 18.5 Å². The van der Waals surface area contributed by atoms with Crippen molar-refractivity contribution >= 4 is 38.4 Å². The van der Waals surface area contributed by atoms with E-state index in [1.165, 1.54) is 30.3 Å². The average Bonchev–Trinajstić information content (AvgIpc) is 2.56. The van der Waals surface area contributed by atoms with Crippen LogP contribution in [-0.2, 0) is 10.0 Å². The fourth-order valence-electron chi connectivity index (χ4n) is 1.79. The molecule has 1 aromatic heterocycles. The second-order valence-corrected chi connectivity index (χ2v) is 6.34. The Morgan fingerprint density at radius 3 is 1.96 bits per heavy atom. The van der Waals surface area contributed by atoms with Crippen molar-refractivity contribution in [3.63, 3.8) is 0 Å². The first-order chi connectivity index (χ1) is 11.7. The second-order valence-electron chi connectivity index (χ2n) is 4.78. The van der Waals surface area contributed by atoms with Crippen LogP contribution < -0.4 is 16.6 Å². The predicted octanol–water partition coefficient (Wildman–Crippen LogP) is 1.04. The number of primary sulfonamides is 1. The molecule has 11 heteroatoms. The molecule has 0 radical (unpaired) electrons. The molecule has 0 saturated heterocycles. The zero-order valence-electron chi connectivity index (χ0n) is 12.7. The lowest BCUT2D eigenvalue weighted by Gasteiger charge is -2.00. The lowest BCUT2D eigenvalue weighted by molar-refractivity contribution is -0.384. The standard InChI is InChI=1S/C8H7N5O2.C6H7NO2S/c9-7-8(10)12-6-3-4(13(14)15)1-2-5(6)11-7;7-10(8,9)6-4-2-1-3-5-6/h1-3H,(H2,9,11)(H2,10,12);1-5H,(H2,7,8,9). The van der Waals surface area contributed by atoms with Crippen LogP contribution in [0.15, 0.2) is 53.4 Å². The van der Waals surface area contributed by atoms with Gasteiger partial charge < -0.3 is 11.5 Å². The van der Waals surface area contributed by atoms with Crippen molar-refractivity contribution in [3.8, 4) is 0 Å². The minimum absolute atomic E-state index is 0.0547. The minimum atomic E-state index is -3.50. The third-order valence-corrected chi connectivity index (χ3v) is 3.92. The van der Waals surface area contributed by atoms with Crippen molar-refractivity contribution in [2.75, 3.05) is 11.5 Å². The topological polar surface area (TPSA) is 181 Å². The molecule has 1 heterocycles. The molecule has 2 aromatic carbocycles. The highest BCUT2D eigenvalue weighted by molar-refractivity contribution is 7.89. The Hall–Kier alpha value is -3.31. The van der Waals surface area contributed by atoms with Gasteiger partial charge in [0.1, 0.15) is 0 Å². The highest BCUT2D eigenvalue weighted by atomic mass is 32.2. The van der Waals surface area contributed by atoms with Gasteiger partial charge in [0.2, 0.25) is 10.0 Å². The number of aromatic nitrogens is 2. The number of non-ortho nitro benzene ring substituents is 1. The molecule has 0 amide bonds. The molecule has 0 aliphatic heterocycles. The molecule has 130 valence electrons. The van der Waals surface area contributed by atoms with Crippen LogP contribution >= 0.6 is 0 Å². The third kappa shape index (κ3) is 4.59. The molecule has 0 aliphatic rings. The third-order valence-electron chi connectivity index (χ3n) is 2.99. The molecule has 0 atom stereocenters. The van der Waals surface area contributed by atoms with Gasteiger partial charge in [-0.05, 0) is 18.2 Å². The summed E-state index contributed by atoms with van der Waals surface area (Å²) in [6, 6.07) is 12.0. The monoisotopic (exact) mass is 362 g/mol. The number of hydrogen-bond acceptors (Lipinski definition) is 8. The van der Waals surface area contributed by atoms with Crippen molar-refractivity contribution < 1.29 is 13.3 Å². The summed E-state index contributed by atoms with van der Waals surface area (Å²) in [4.78, 5) is 18.0. The fraction of sp³-hybridized carbons (Fsp3) is 0. The summed E-state index contributed by atoms with van der Waals surface area (Å²) in [5, 5.41) is 15.3. The molecule has 25 heavy (non-hydrogen) atoms. The first kappa shape index (κ1) is 18.0. The number of hydrogen-bond donors (Lipinski definition) is 3. The Balaban J connectivity index is 0.000000196. The molecule has 0 fully saturated rings. The highest BCUT2D eigenvalue weighted by Gasteiger charge is 2.09. The number of benzene rings is 2. The molecule has 6 N–H and O–H groups in total. The number of nitrogens with two attached hydrogens (primary N) is 3. The summed E-state index contributed by atoms with van der Waals surface area (Å²) in [6.07, 6.45) is 0. The van der Waals surface area contributed by atoms with Gasteiger partial charge >= 0.3 is 0 Å². The number of nitro benzene ring substituents is 1. The first-order valence-electron chi connectivity index (χ1n) is 6.73. The maximum atomic E-state index is 10.6. The molecule has 0 aliphatic carbocycles. The van der Waals surface area contributed by atoms with Crippen molar-refractivity contribution in [1.29, 1.82) is 0 Å². The van der Waals surface area contributed by atoms with Crippen molar-refractivity contribution in [2.45, 2.75) is 4.90 Å². The summed E-state index contributed by atoms with van der Waals surface area (Å²) in [7, 11) is -3.50. The van der Waals surface area contributed by atoms with E-state index in [0.29, 0.717) is 11.0 Å². The van der Waals surface area contributed by atoms with Gasteiger partial charge in [0.05, 0.1) is 20.9 Å². The van der Waals surface area contributed by atoms with Gasteiger partial charge in [0.25, 0.3) is 5.69 Å². The van der Waals surface area contributed by atoms with Crippen molar-refractivity contribution in [1.82, 2.24) is 9.97 Å². The zero-order valence-corrected chi connectivity index (χ0v) is 13.6. The van der Waals surface area contributed by atoms with Gasteiger partial charge in [0.15, 0.2) is 11.6 Å². The predicted molar refractivity (Wildman–Crippen MR) is 92.8 cm³/mol. The van der Waals surface area contributed by atoms with Crippen LogP contribution in [0.5, 0.6) is 0 Å². The largest absolute Gasteiger partial charge is 0.381 e. The molecule has 3 rings (SSSR count). The molecule has 0 bridgehead atoms. The molecule has 0 saturated carbocycles. The Kier molecular flexibility index (Phi) is 5.10. The van der Waals surface area contributed by atoms with Gasteiger partial charge in [-0.1, -0.05) is 18.2 Å². The van der Waals surface area contributed by atoms with E-state index in [1.807, 2.05) is 0 Å². The Morgan fingerprint density at radius 1 is 0.920 bits per heavy atom. The Morgan fingerprint density at radius 2 is 1.48 bits per heavy atom. The normalized spacial score (nSPS) is 10.8. The number of anilines is 2. The molecule has 0 spiro atoms. The summed E-state index contributed by atoms with van der Waals surface area (Å²) < 4.78 is 21.2. The minimum Gasteiger partial charge on any atom is -0.381 e. The SMILES string of the molecule is NS(=O)(=O)c1ccccc1.Nc1nc2ccc([N+](=O)[O-])cc2nc1N. The van der Waals surface area contributed by atoms with Gasteiger partial charge in [-0.3, -0.25) is 10.1 Å². The van der Waals surface area contributed by atoms with Crippen LogP contribution in [-0.4, -0.2) is 23.3 Å². The van der Waals surface area contributed by atoms with E-state index in [2.05, 4.69) is 9.97 Å². The molecule has 0 unspecified atom stereocenters. The van der Waals surface area contributed by atoms with E-state index in [-0.39, 0.29) is 22.2 Å². The van der Waals surface area contributed by atoms with Crippen LogP contribution in [0.4, 0.5) is 17.3 Å². The number of rotatable bonds is 2. The van der Waals surface area contributed by atoms with E-state index < -0.39 is 14.9 Å². The summed E-state index contributed by atoms with van der Waals surface area (Å²) in [5.41, 5.74) is 11.7. The van der Waals surface area contributed by atoms with E-state index in [0.717, 1.165) is 0 Å². The summed E-state index contributed by atoms with van der Waals surface area (Å²) in [5.74, 6) is 0.194. The Bertz CT molecular complexity index is 1020. The van der Waals surface area contributed by atoms with Crippen molar-refractivity contribution in [2.24, 2.45) is 5.14 Å². The van der Waals surface area contributed by atoms with Crippen LogP contribution in [0.25, 0.3) is 11.0 Å². The molecular formula is C14H14N6O4S. The van der Waals surface area contributed by atoms with Crippen LogP contribution in [0.1, 0.15) is 0 Å². The van der Waals surface area contributed by atoms with E-state index in [1.54, 1.807) is 18.2 Å². The number of nitrogens with zero attached hydrogens (tertiary/aromatic N) is 3. The maximum absolute atomic E-state index is 10.6. The number of sulfonamides is 1. The van der Waals surface area contributed by atoms with Crippen LogP contribution in [0.3, 0.4) is 0 Å². The number of nitrogen functional groups attached to an aromatic ring is 2. The van der Waals surface area contributed by atoms with E-state index in [4.69, 9.17) is 16.6 Å². The quantitative estimate of drug-likeness (QED) is 0.446. The smallest absolute Gasteiger partial charge is 0.271 e. The average molecular weight is 362 g/mol. The number of nitro groups is 1. The van der Waals surface area contributed by atoms with Gasteiger partial charge in [0, 0.05) is 12.1 Å². The lowest BCUT2D eigenvalue weighted by atomic mass is 10.2. The second kappa shape index (κ2) is 7.07. The molecule has 10 nitrogen and oxygen atoms in total. The fourth-order valence-corrected chi connectivity index (χ4v) is 2.33. The van der Waals surface area contributed by atoms with Crippen LogP contribution in [0.2, 0.25) is 0 Å². The Labute approximate surface area is 142 Å². The van der Waals surface area contributed by atoms with E-state index >= 15 is 0 Å². The summed E-state index contributed by atoms with van der Waals surface area (Å²) >= 11 is 0. The molecular weight excluding hydrogens is 348 g/mol. The highest BCUT2D eigenvalue weighted by Crippen LogP contribution is 2.20. The number of fused-ring (bicyclic) bond motifs is 1. The van der Waals surface area contributed by atoms with Gasteiger partial charge in [-0.25, -0.2) is 23.5 Å². The van der Waals surface area contributed by atoms with Crippen molar-refractivity contribution in [3.05, 3.63) is 58.6 Å². The molecule has 3 aromatic rings. The van der Waals surface area contributed by atoms with Gasteiger partial charge in [-0.2, -0.15) is 0 Å². The first-order valence-corrected chi connectivity index (χ1v) is 8.28.